The molecule has 2 fully saturated rings. The van der Waals surface area contributed by atoms with E-state index in [-0.39, 0.29) is 5.54 Å². The first-order valence-corrected chi connectivity index (χ1v) is 11.4. The average Bonchev–Trinajstić information content (AvgIpc) is 3.49. The van der Waals surface area contributed by atoms with E-state index in [9.17, 15) is 5.26 Å². The Bertz CT molecular complexity index is 1270. The van der Waals surface area contributed by atoms with Crippen LogP contribution in [0.4, 0.5) is 0 Å². The van der Waals surface area contributed by atoms with Gasteiger partial charge in [-0.25, -0.2) is 9.97 Å². The van der Waals surface area contributed by atoms with E-state index in [1.54, 1.807) is 6.33 Å². The van der Waals surface area contributed by atoms with Crippen molar-refractivity contribution in [1.29, 1.82) is 10.5 Å². The lowest BCUT2D eigenvalue weighted by molar-refractivity contribution is -0.0111. The molecular weight excluding hydrogens is 430 g/mol. The van der Waals surface area contributed by atoms with Crippen LogP contribution in [-0.4, -0.2) is 91.7 Å². The van der Waals surface area contributed by atoms with Gasteiger partial charge in [0.2, 0.25) is 12.2 Å². The van der Waals surface area contributed by atoms with Gasteiger partial charge < -0.3 is 14.8 Å². The number of hydrogen-bond acceptors (Lipinski definition) is 7. The van der Waals surface area contributed by atoms with E-state index in [4.69, 9.17) is 5.26 Å². The lowest BCUT2D eigenvalue weighted by atomic mass is 9.70. The summed E-state index contributed by atoms with van der Waals surface area (Å²) in [5.74, 6) is 0.708. The molecule has 174 valence electrons. The smallest absolute Gasteiger partial charge is 0.212 e. The van der Waals surface area contributed by atoms with Crippen molar-refractivity contribution in [2.75, 3.05) is 40.3 Å². The van der Waals surface area contributed by atoms with Crippen LogP contribution in [0.15, 0.2) is 36.0 Å². The van der Waals surface area contributed by atoms with Crippen molar-refractivity contribution in [1.82, 2.24) is 39.4 Å². The van der Waals surface area contributed by atoms with Gasteiger partial charge >= 0.3 is 0 Å². The summed E-state index contributed by atoms with van der Waals surface area (Å²) in [6.45, 7) is 3.46. The minimum absolute atomic E-state index is 0.295. The van der Waals surface area contributed by atoms with Crippen molar-refractivity contribution in [3.63, 3.8) is 0 Å². The molecule has 11 nitrogen and oxygen atoms in total. The zero-order valence-corrected chi connectivity index (χ0v) is 19.4. The summed E-state index contributed by atoms with van der Waals surface area (Å²) >= 11 is 0. The minimum atomic E-state index is -0.295. The molecule has 0 bridgehead atoms. The molecule has 3 aromatic heterocycles. The van der Waals surface area contributed by atoms with E-state index in [0.29, 0.717) is 18.4 Å². The van der Waals surface area contributed by atoms with Gasteiger partial charge in [-0.15, -0.1) is 4.99 Å². The molecule has 5 rings (SSSR count). The van der Waals surface area contributed by atoms with Crippen LogP contribution in [0.5, 0.6) is 0 Å². The van der Waals surface area contributed by atoms with Crippen molar-refractivity contribution in [2.24, 2.45) is 4.99 Å². The molecule has 1 aliphatic carbocycles. The van der Waals surface area contributed by atoms with E-state index in [2.05, 4.69) is 40.9 Å². The zero-order valence-electron chi connectivity index (χ0n) is 19.4. The van der Waals surface area contributed by atoms with Crippen molar-refractivity contribution in [3.8, 4) is 23.5 Å². The summed E-state index contributed by atoms with van der Waals surface area (Å²) < 4.78 is 1.97. The third kappa shape index (κ3) is 3.74. The van der Waals surface area contributed by atoms with Crippen LogP contribution in [0.3, 0.4) is 0 Å². The topological polar surface area (TPSA) is 129 Å². The predicted molar refractivity (Wildman–Crippen MR) is 126 cm³/mol. The van der Waals surface area contributed by atoms with Crippen LogP contribution in [0.2, 0.25) is 0 Å². The van der Waals surface area contributed by atoms with Crippen LogP contribution < -0.4 is 0 Å². The second-order valence-electron chi connectivity index (χ2n) is 9.19. The van der Waals surface area contributed by atoms with Gasteiger partial charge in [0.1, 0.15) is 12.0 Å². The quantitative estimate of drug-likeness (QED) is 0.355. The molecule has 0 spiro atoms. The Morgan fingerprint density at radius 2 is 2.03 bits per heavy atom. The molecule has 0 amide bonds. The van der Waals surface area contributed by atoms with Crippen LogP contribution in [0.25, 0.3) is 22.3 Å². The summed E-state index contributed by atoms with van der Waals surface area (Å²) in [4.78, 5) is 22.4. The van der Waals surface area contributed by atoms with E-state index in [1.807, 2.05) is 54.5 Å². The van der Waals surface area contributed by atoms with Crippen molar-refractivity contribution in [3.05, 3.63) is 31.0 Å². The van der Waals surface area contributed by atoms with Crippen LogP contribution in [0, 0.1) is 22.8 Å². The first kappa shape index (κ1) is 21.9. The van der Waals surface area contributed by atoms with E-state index >= 15 is 0 Å². The summed E-state index contributed by atoms with van der Waals surface area (Å²) in [6, 6.07) is 4.76. The van der Waals surface area contributed by atoms with Gasteiger partial charge in [0, 0.05) is 69.7 Å². The summed E-state index contributed by atoms with van der Waals surface area (Å²) in [6.07, 6.45) is 11.4. The van der Waals surface area contributed by atoms with Gasteiger partial charge in [-0.2, -0.15) is 15.6 Å². The second-order valence-corrected chi connectivity index (χ2v) is 9.19. The minimum Gasteiger partial charge on any atom is -0.348 e. The fourth-order valence-electron chi connectivity index (χ4n) is 5.23. The van der Waals surface area contributed by atoms with E-state index in [1.165, 1.54) is 0 Å². The van der Waals surface area contributed by atoms with Crippen molar-refractivity contribution >= 4 is 17.0 Å². The highest BCUT2D eigenvalue weighted by Gasteiger charge is 2.49. The van der Waals surface area contributed by atoms with Crippen molar-refractivity contribution in [2.45, 2.75) is 30.8 Å². The number of aliphatic imine (C=N–C) groups is 1. The molecule has 34 heavy (non-hydrogen) atoms. The van der Waals surface area contributed by atoms with Gasteiger partial charge in [0.25, 0.3) is 0 Å². The maximum Gasteiger partial charge on any atom is 0.212 e. The predicted octanol–water partition coefficient (Wildman–Crippen LogP) is 1.61. The Hall–Kier alpha value is -3.96. The summed E-state index contributed by atoms with van der Waals surface area (Å²) in [5, 5.41) is 24.2. The molecule has 0 atom stereocenters. The van der Waals surface area contributed by atoms with E-state index in [0.717, 1.165) is 61.3 Å². The Labute approximate surface area is 197 Å². The third-order valence-corrected chi connectivity index (χ3v) is 7.00. The standard InChI is InChI=1S/C23H27N11/c1-31(2)22(27-15-25)33-9-7-32(8-10-33)18-11-23(12-18,4-5-24)34-14-17(13-30-34)20-19-3-6-26-21(19)29-16-28-20/h3,6,13-14,16,18H,4,7-12H2,1-2H3,(H,26,28,29). The molecule has 0 radical (unpaired) electrons. The van der Waals surface area contributed by atoms with Gasteiger partial charge in [-0.1, -0.05) is 0 Å². The number of nitriles is 2. The van der Waals surface area contributed by atoms with Crippen LogP contribution >= 0.6 is 0 Å². The van der Waals surface area contributed by atoms with Gasteiger partial charge in [0.15, 0.2) is 0 Å². The molecule has 11 heteroatoms. The number of rotatable bonds is 4. The number of hydrogen-bond donors (Lipinski definition) is 1. The molecule has 1 saturated heterocycles. The van der Waals surface area contributed by atoms with Crippen LogP contribution in [0.1, 0.15) is 19.3 Å². The number of nitrogens with zero attached hydrogens (tertiary/aromatic N) is 10. The molecule has 0 unspecified atom stereocenters. The molecule has 4 heterocycles. The van der Waals surface area contributed by atoms with Crippen molar-refractivity contribution < 1.29 is 0 Å². The fourth-order valence-corrected chi connectivity index (χ4v) is 5.23. The molecule has 3 aromatic rings. The Kier molecular flexibility index (Phi) is 5.64. The number of guanidine groups is 1. The molecule has 0 aromatic carbocycles. The molecule has 1 aliphatic heterocycles. The number of aromatic nitrogens is 5. The van der Waals surface area contributed by atoms with Crippen LogP contribution in [-0.2, 0) is 5.54 Å². The first-order valence-electron chi connectivity index (χ1n) is 11.4. The number of H-pyrrole nitrogens is 1. The highest BCUT2D eigenvalue weighted by atomic mass is 15.4. The maximum absolute atomic E-state index is 9.58. The normalized spacial score (nSPS) is 23.4. The monoisotopic (exact) mass is 457 g/mol. The maximum atomic E-state index is 9.58. The van der Waals surface area contributed by atoms with E-state index < -0.39 is 0 Å². The SMILES string of the molecule is CN(C)C(=NC#N)N1CCN(C2CC(CC#N)(n3cc(-c4ncnc5[nH]ccc45)cn3)C2)CC1. The second kappa shape index (κ2) is 8.76. The van der Waals surface area contributed by atoms with Gasteiger partial charge in [0.05, 0.1) is 29.9 Å². The molecule has 1 saturated carbocycles. The number of nitrogens with one attached hydrogen (secondary N) is 1. The lowest BCUT2D eigenvalue weighted by Gasteiger charge is -2.52. The molecule has 1 N–H and O–H groups in total. The number of piperazine rings is 1. The number of aromatic amines is 1. The largest absolute Gasteiger partial charge is 0.348 e. The first-order chi connectivity index (χ1) is 16.5. The lowest BCUT2D eigenvalue weighted by Crippen LogP contribution is -2.61. The Balaban J connectivity index is 1.28. The summed E-state index contributed by atoms with van der Waals surface area (Å²) in [5.41, 5.74) is 2.27. The fraction of sp³-hybridized carbons (Fsp3) is 0.478. The Morgan fingerprint density at radius 1 is 1.24 bits per heavy atom. The highest BCUT2D eigenvalue weighted by Crippen LogP contribution is 2.45. The molecular formula is C23H27N11. The summed E-state index contributed by atoms with van der Waals surface area (Å²) in [7, 11) is 3.82. The van der Waals surface area contributed by atoms with Gasteiger partial charge in [-0.3, -0.25) is 9.58 Å². The molecule has 2 aliphatic rings. The van der Waals surface area contributed by atoms with Gasteiger partial charge in [-0.05, 0) is 18.9 Å². The third-order valence-electron chi connectivity index (χ3n) is 7.00. The zero-order chi connectivity index (χ0) is 23.7. The number of fused-ring (bicyclic) bond motifs is 1. The average molecular weight is 458 g/mol. The highest BCUT2D eigenvalue weighted by molar-refractivity contribution is 5.90. The Morgan fingerprint density at radius 3 is 2.74 bits per heavy atom.